The molecule has 5 heterocycles. The van der Waals surface area contributed by atoms with Gasteiger partial charge in [-0.3, -0.25) is 9.78 Å². The molecular weight excluding hydrogens is 494 g/mol. The van der Waals surface area contributed by atoms with Crippen molar-refractivity contribution in [3.8, 4) is 11.4 Å². The van der Waals surface area contributed by atoms with Crippen molar-refractivity contribution in [2.45, 2.75) is 32.4 Å². The molecule has 0 unspecified atom stereocenters. The predicted octanol–water partition coefficient (Wildman–Crippen LogP) is 3.94. The van der Waals surface area contributed by atoms with Crippen LogP contribution in [0.2, 0.25) is 0 Å². The number of benzene rings is 1. The Hall–Kier alpha value is -3.90. The summed E-state index contributed by atoms with van der Waals surface area (Å²) in [5.41, 5.74) is 1.21. The van der Waals surface area contributed by atoms with E-state index in [9.17, 15) is 22.4 Å². The van der Waals surface area contributed by atoms with Gasteiger partial charge in [0.25, 0.3) is 5.56 Å². The number of fused-ring (bicyclic) bond motifs is 2. The zero-order chi connectivity index (χ0) is 25.9. The minimum atomic E-state index is -3.53. The Kier molecular flexibility index (Phi) is 5.46. The Labute approximate surface area is 207 Å². The summed E-state index contributed by atoms with van der Waals surface area (Å²) in [5.74, 6) is -1.94. The highest BCUT2D eigenvalue weighted by atomic mass is 19.3. The normalized spacial score (nSPS) is 18.8. The van der Waals surface area contributed by atoms with Crippen LogP contribution in [0, 0.1) is 18.6 Å². The van der Waals surface area contributed by atoms with E-state index in [-0.39, 0.29) is 42.6 Å². The molecule has 0 saturated carbocycles. The summed E-state index contributed by atoms with van der Waals surface area (Å²) in [4.78, 5) is 27.6. The van der Waals surface area contributed by atoms with E-state index >= 15 is 0 Å². The van der Waals surface area contributed by atoms with Gasteiger partial charge in [-0.1, -0.05) is 0 Å². The zero-order valence-corrected chi connectivity index (χ0v) is 19.4. The molecule has 2 aliphatic heterocycles. The second-order valence-corrected chi connectivity index (χ2v) is 8.95. The highest BCUT2D eigenvalue weighted by Gasteiger charge is 2.43. The minimum Gasteiger partial charge on any atom is -0.370 e. The molecule has 2 aliphatic rings. The van der Waals surface area contributed by atoms with Gasteiger partial charge in [0.2, 0.25) is 0 Å². The first-order valence-corrected chi connectivity index (χ1v) is 11.4. The first kappa shape index (κ1) is 23.5. The Morgan fingerprint density at radius 1 is 1.08 bits per heavy atom. The lowest BCUT2D eigenvalue weighted by Crippen LogP contribution is -2.48. The maximum absolute atomic E-state index is 14.9. The van der Waals surface area contributed by atoms with Gasteiger partial charge >= 0.3 is 6.11 Å². The van der Waals surface area contributed by atoms with Crippen molar-refractivity contribution in [3.05, 3.63) is 87.1 Å². The lowest BCUT2D eigenvalue weighted by atomic mass is 10.1. The molecule has 1 fully saturated rings. The van der Waals surface area contributed by atoms with Crippen molar-refractivity contribution in [2.24, 2.45) is 0 Å². The van der Waals surface area contributed by atoms with E-state index in [0.29, 0.717) is 28.6 Å². The molecule has 1 atom stereocenters. The van der Waals surface area contributed by atoms with E-state index in [1.54, 1.807) is 19.1 Å². The number of hydrogen-bond acceptors (Lipinski definition) is 7. The van der Waals surface area contributed by atoms with Crippen LogP contribution in [-0.4, -0.2) is 38.6 Å². The van der Waals surface area contributed by atoms with Crippen LogP contribution in [0.1, 0.15) is 28.6 Å². The number of aryl methyl sites for hydroxylation is 1. The van der Waals surface area contributed by atoms with Gasteiger partial charge in [-0.15, -0.1) is 0 Å². The summed E-state index contributed by atoms with van der Waals surface area (Å²) in [7, 11) is 0. The summed E-state index contributed by atoms with van der Waals surface area (Å²) < 4.78 is 69.6. The van der Waals surface area contributed by atoms with Crippen LogP contribution in [0.25, 0.3) is 17.0 Å². The quantitative estimate of drug-likeness (QED) is 0.384. The second-order valence-electron chi connectivity index (χ2n) is 8.95. The predicted molar refractivity (Wildman–Crippen MR) is 123 cm³/mol. The Morgan fingerprint density at radius 2 is 1.92 bits per heavy atom. The Morgan fingerprint density at radius 3 is 2.70 bits per heavy atom. The van der Waals surface area contributed by atoms with Gasteiger partial charge in [0.05, 0.1) is 36.6 Å². The van der Waals surface area contributed by atoms with Gasteiger partial charge in [-0.05, 0) is 36.8 Å². The maximum atomic E-state index is 14.9. The summed E-state index contributed by atoms with van der Waals surface area (Å²) in [6.07, 6.45) is -3.04. The first-order chi connectivity index (χ1) is 17.7. The van der Waals surface area contributed by atoms with E-state index < -0.39 is 36.0 Å². The maximum Gasteiger partial charge on any atom is 0.373 e. The van der Waals surface area contributed by atoms with Crippen LogP contribution >= 0.6 is 0 Å². The monoisotopic (exact) mass is 513 g/mol. The van der Waals surface area contributed by atoms with Gasteiger partial charge in [0, 0.05) is 24.0 Å². The van der Waals surface area contributed by atoms with Crippen LogP contribution in [0.3, 0.4) is 0 Å². The molecule has 4 aromatic rings. The molecular formula is C25H19F4N5O3. The van der Waals surface area contributed by atoms with Crippen molar-refractivity contribution < 1.29 is 27.0 Å². The van der Waals surface area contributed by atoms with E-state index in [1.165, 1.54) is 17.2 Å². The van der Waals surface area contributed by atoms with Crippen molar-refractivity contribution in [2.75, 3.05) is 18.0 Å². The molecule has 0 bridgehead atoms. The van der Waals surface area contributed by atoms with Crippen LogP contribution < -0.4 is 10.5 Å². The molecule has 37 heavy (non-hydrogen) atoms. The molecule has 0 spiro atoms. The van der Waals surface area contributed by atoms with Crippen LogP contribution in [0.5, 0.6) is 0 Å². The third kappa shape index (κ3) is 4.21. The molecule has 1 saturated heterocycles. The van der Waals surface area contributed by atoms with Gasteiger partial charge in [0.15, 0.2) is 5.82 Å². The molecule has 0 amide bonds. The number of nitrogens with zero attached hydrogens (tertiary/aromatic N) is 5. The summed E-state index contributed by atoms with van der Waals surface area (Å²) in [5, 5.41) is 0. The van der Waals surface area contributed by atoms with Crippen LogP contribution in [0.15, 0.2) is 47.4 Å². The van der Waals surface area contributed by atoms with Gasteiger partial charge in [-0.25, -0.2) is 23.1 Å². The first-order valence-electron chi connectivity index (χ1n) is 11.4. The standard InChI is InChI=1S/C25H19F4N5O3/c1-13-6-14(4-5-30-13)20-9-33(12-25(28,29)37-20)21-8-22-31-19-11-36-10-17(19)24(35)34(22)23(32-21)16-3-2-15(26)7-18(16)27/h2-8,20H,9-12H2,1H3/t20-/m0/s1. The molecule has 8 nitrogen and oxygen atoms in total. The smallest absolute Gasteiger partial charge is 0.370 e. The number of pyridine rings is 1. The number of ether oxygens (including phenoxy) is 2. The highest BCUT2D eigenvalue weighted by Crippen LogP contribution is 2.36. The number of halogens is 4. The summed E-state index contributed by atoms with van der Waals surface area (Å²) in [6.45, 7) is 1.03. The number of alkyl halides is 2. The highest BCUT2D eigenvalue weighted by molar-refractivity contribution is 5.65. The van der Waals surface area contributed by atoms with E-state index in [1.807, 2.05) is 0 Å². The zero-order valence-electron chi connectivity index (χ0n) is 19.4. The molecule has 190 valence electrons. The van der Waals surface area contributed by atoms with Crippen molar-refractivity contribution >= 4 is 11.5 Å². The lowest BCUT2D eigenvalue weighted by molar-refractivity contribution is -0.269. The van der Waals surface area contributed by atoms with Gasteiger partial charge < -0.3 is 14.4 Å². The number of morpholine rings is 1. The second kappa shape index (κ2) is 8.60. The largest absolute Gasteiger partial charge is 0.373 e. The van der Waals surface area contributed by atoms with Crippen molar-refractivity contribution in [3.63, 3.8) is 0 Å². The number of rotatable bonds is 3. The number of aromatic nitrogens is 4. The average Bonchev–Trinajstić information content (AvgIpc) is 3.31. The molecule has 0 radical (unpaired) electrons. The van der Waals surface area contributed by atoms with Crippen molar-refractivity contribution in [1.29, 1.82) is 0 Å². The average molecular weight is 513 g/mol. The molecule has 3 aromatic heterocycles. The third-order valence-corrected chi connectivity index (χ3v) is 6.33. The molecule has 0 aliphatic carbocycles. The fraction of sp³-hybridized carbons (Fsp3) is 0.280. The fourth-order valence-corrected chi connectivity index (χ4v) is 4.64. The fourth-order valence-electron chi connectivity index (χ4n) is 4.64. The van der Waals surface area contributed by atoms with E-state index in [4.69, 9.17) is 9.47 Å². The van der Waals surface area contributed by atoms with Crippen LogP contribution in [0.4, 0.5) is 23.4 Å². The minimum absolute atomic E-state index is 0.00809. The van der Waals surface area contributed by atoms with Crippen LogP contribution in [-0.2, 0) is 22.7 Å². The van der Waals surface area contributed by atoms with E-state index in [0.717, 1.165) is 16.5 Å². The summed E-state index contributed by atoms with van der Waals surface area (Å²) in [6, 6.07) is 7.47. The SMILES string of the molecule is Cc1cc([C@@H]2CN(c3cc4nc5c(c(=O)n4c(-c4ccc(F)cc4F)n3)COC5)CC(F)(F)O2)ccn1. The third-order valence-electron chi connectivity index (χ3n) is 6.33. The number of anilines is 1. The summed E-state index contributed by atoms with van der Waals surface area (Å²) >= 11 is 0. The van der Waals surface area contributed by atoms with Gasteiger partial charge in [-0.2, -0.15) is 8.78 Å². The topological polar surface area (TPSA) is 81.9 Å². The number of hydrogen-bond donors (Lipinski definition) is 0. The lowest BCUT2D eigenvalue weighted by Gasteiger charge is -2.38. The Bertz CT molecular complexity index is 1610. The molecule has 1 aromatic carbocycles. The molecule has 12 heteroatoms. The molecule has 6 rings (SSSR count). The van der Waals surface area contributed by atoms with Gasteiger partial charge in [0.1, 0.15) is 35.7 Å². The van der Waals surface area contributed by atoms with Crippen molar-refractivity contribution in [1.82, 2.24) is 19.4 Å². The molecule has 0 N–H and O–H groups in total. The van der Waals surface area contributed by atoms with E-state index in [2.05, 4.69) is 15.0 Å². The Balaban J connectivity index is 1.54.